The Morgan fingerprint density at radius 1 is 1.58 bits per heavy atom. The molecular weight excluding hydrogens is 243 g/mol. The lowest BCUT2D eigenvalue weighted by Gasteiger charge is -2.45. The maximum atomic E-state index is 12.8. The van der Waals surface area contributed by atoms with Crippen molar-refractivity contribution in [2.75, 3.05) is 6.67 Å². The monoisotopic (exact) mass is 260 g/mol. The van der Waals surface area contributed by atoms with Gasteiger partial charge in [0, 0.05) is 17.7 Å². The summed E-state index contributed by atoms with van der Waals surface area (Å²) in [4.78, 5) is 14.3. The first-order chi connectivity index (χ1) is 9.04. The van der Waals surface area contributed by atoms with Crippen LogP contribution >= 0.6 is 0 Å². The van der Waals surface area contributed by atoms with Gasteiger partial charge in [0.1, 0.15) is 6.67 Å². The average molecular weight is 260 g/mol. The fourth-order valence-corrected chi connectivity index (χ4v) is 3.52. The lowest BCUT2D eigenvalue weighted by atomic mass is 9.63. The van der Waals surface area contributed by atoms with Crippen LogP contribution in [-0.4, -0.2) is 11.7 Å². The van der Waals surface area contributed by atoms with Gasteiger partial charge in [-0.05, 0) is 37.0 Å². The van der Waals surface area contributed by atoms with Gasteiger partial charge in [-0.1, -0.05) is 17.7 Å². The van der Waals surface area contributed by atoms with Crippen molar-refractivity contribution in [1.82, 2.24) is 4.98 Å². The molecule has 0 radical (unpaired) electrons. The molecule has 0 saturated carbocycles. The molecule has 1 unspecified atom stereocenters. The summed E-state index contributed by atoms with van der Waals surface area (Å²) < 4.78 is 12.8. The maximum Gasteiger partial charge on any atom is 0.248 e. The van der Waals surface area contributed by atoms with Crippen molar-refractivity contribution >= 4 is 0 Å². The second-order valence-electron chi connectivity index (χ2n) is 5.50. The van der Waals surface area contributed by atoms with Gasteiger partial charge < -0.3 is 10.7 Å². The Morgan fingerprint density at radius 2 is 2.37 bits per heavy atom. The van der Waals surface area contributed by atoms with Gasteiger partial charge in [-0.2, -0.15) is 0 Å². The minimum atomic E-state index is -0.673. The van der Waals surface area contributed by atoms with E-state index in [2.05, 4.69) is 18.0 Å². The summed E-state index contributed by atoms with van der Waals surface area (Å²) in [6.45, 7) is 1.55. The van der Waals surface area contributed by atoms with Crippen LogP contribution < -0.4 is 11.3 Å². The minimum Gasteiger partial charge on any atom is -0.326 e. The maximum absolute atomic E-state index is 12.8. The number of alkyl halides is 1. The van der Waals surface area contributed by atoms with Crippen molar-refractivity contribution in [3.8, 4) is 0 Å². The molecule has 0 spiro atoms. The van der Waals surface area contributed by atoms with Crippen LogP contribution in [0.1, 0.15) is 24.6 Å². The zero-order chi connectivity index (χ0) is 13.6. The molecular formula is C15H17FN2O. The summed E-state index contributed by atoms with van der Waals surface area (Å²) in [6.07, 6.45) is 5.10. The van der Waals surface area contributed by atoms with Gasteiger partial charge >= 0.3 is 0 Å². The fraction of sp³-hybridized carbons (Fsp3) is 0.400. The smallest absolute Gasteiger partial charge is 0.248 e. The largest absolute Gasteiger partial charge is 0.326 e. The van der Waals surface area contributed by atoms with Gasteiger partial charge in [-0.15, -0.1) is 0 Å². The molecule has 4 heteroatoms. The molecule has 100 valence electrons. The molecule has 0 aromatic carbocycles. The van der Waals surface area contributed by atoms with E-state index in [1.165, 1.54) is 11.6 Å². The third-order valence-electron chi connectivity index (χ3n) is 4.16. The molecule has 1 aromatic rings. The SMILES string of the molecule is CC1=CC2Cc3[nH]c(=O)ccc3[C@](N)(C1)C2=CCF. The van der Waals surface area contributed by atoms with Crippen LogP contribution in [0, 0.1) is 5.92 Å². The summed E-state index contributed by atoms with van der Waals surface area (Å²) in [7, 11) is 0. The summed E-state index contributed by atoms with van der Waals surface area (Å²) in [6, 6.07) is 3.28. The summed E-state index contributed by atoms with van der Waals surface area (Å²) >= 11 is 0. The molecule has 19 heavy (non-hydrogen) atoms. The van der Waals surface area contributed by atoms with Crippen molar-refractivity contribution in [1.29, 1.82) is 0 Å². The van der Waals surface area contributed by atoms with Crippen molar-refractivity contribution in [3.63, 3.8) is 0 Å². The third-order valence-corrected chi connectivity index (χ3v) is 4.16. The number of aromatic nitrogens is 1. The van der Waals surface area contributed by atoms with Crippen LogP contribution in [0.25, 0.3) is 0 Å². The highest BCUT2D eigenvalue weighted by Crippen LogP contribution is 2.47. The average Bonchev–Trinajstić information content (AvgIpc) is 2.32. The van der Waals surface area contributed by atoms with E-state index in [1.54, 1.807) is 12.1 Å². The Labute approximate surface area is 111 Å². The van der Waals surface area contributed by atoms with Crippen molar-refractivity contribution in [2.24, 2.45) is 11.7 Å². The highest BCUT2D eigenvalue weighted by atomic mass is 19.1. The Bertz CT molecular complexity index is 644. The van der Waals surface area contributed by atoms with Crippen LogP contribution in [-0.2, 0) is 12.0 Å². The number of pyridine rings is 1. The molecule has 2 aliphatic rings. The number of rotatable bonds is 1. The van der Waals surface area contributed by atoms with Gasteiger partial charge in [0.2, 0.25) is 5.56 Å². The van der Waals surface area contributed by atoms with Gasteiger partial charge in [0.25, 0.3) is 0 Å². The molecule has 2 bridgehead atoms. The molecule has 2 aliphatic carbocycles. The van der Waals surface area contributed by atoms with Gasteiger partial charge in [0.05, 0.1) is 5.54 Å². The number of hydrogen-bond acceptors (Lipinski definition) is 2. The second-order valence-corrected chi connectivity index (χ2v) is 5.50. The molecule has 0 aliphatic heterocycles. The Kier molecular flexibility index (Phi) is 2.71. The molecule has 0 saturated heterocycles. The number of nitrogens with one attached hydrogen (secondary N) is 1. The predicted octanol–water partition coefficient (Wildman–Crippen LogP) is 1.95. The number of H-pyrrole nitrogens is 1. The van der Waals surface area contributed by atoms with Crippen LogP contribution in [0.2, 0.25) is 0 Å². The Morgan fingerprint density at radius 3 is 3.11 bits per heavy atom. The number of allylic oxidation sites excluding steroid dienone is 2. The number of halogens is 1. The Hall–Kier alpha value is -1.68. The van der Waals surface area contributed by atoms with Crippen LogP contribution in [0.3, 0.4) is 0 Å². The molecule has 2 atom stereocenters. The van der Waals surface area contributed by atoms with E-state index in [9.17, 15) is 9.18 Å². The molecule has 3 N–H and O–H groups in total. The van der Waals surface area contributed by atoms with E-state index in [-0.39, 0.29) is 11.5 Å². The van der Waals surface area contributed by atoms with E-state index in [0.29, 0.717) is 12.8 Å². The minimum absolute atomic E-state index is 0.0973. The first-order valence-corrected chi connectivity index (χ1v) is 6.50. The molecule has 1 heterocycles. The molecule has 0 amide bonds. The lowest BCUT2D eigenvalue weighted by molar-refractivity contribution is 0.403. The van der Waals surface area contributed by atoms with E-state index < -0.39 is 12.2 Å². The number of nitrogens with two attached hydrogens (primary N) is 1. The molecule has 1 aromatic heterocycles. The first-order valence-electron chi connectivity index (χ1n) is 6.50. The summed E-state index contributed by atoms with van der Waals surface area (Å²) in [5.41, 5.74) is 9.78. The number of fused-ring (bicyclic) bond motifs is 4. The van der Waals surface area contributed by atoms with Crippen molar-refractivity contribution in [3.05, 3.63) is 57.0 Å². The highest BCUT2D eigenvalue weighted by molar-refractivity contribution is 5.49. The lowest BCUT2D eigenvalue weighted by Crippen LogP contribution is -2.48. The standard InChI is InChI=1S/C15H17FN2O/c1-9-6-10-7-13-12(2-3-14(19)18-13)15(17,8-9)11(10)4-5-16/h2-4,6,10H,5,7-8,17H2,1H3,(H,18,19)/t10?,15-/m0/s1. The van der Waals surface area contributed by atoms with E-state index >= 15 is 0 Å². The van der Waals surface area contributed by atoms with Gasteiger partial charge in [-0.3, -0.25) is 4.79 Å². The van der Waals surface area contributed by atoms with Crippen LogP contribution in [0.4, 0.5) is 4.39 Å². The molecule has 3 nitrogen and oxygen atoms in total. The zero-order valence-electron chi connectivity index (χ0n) is 10.9. The highest BCUT2D eigenvalue weighted by Gasteiger charge is 2.43. The van der Waals surface area contributed by atoms with Crippen molar-refractivity contribution in [2.45, 2.75) is 25.3 Å². The topological polar surface area (TPSA) is 58.9 Å². The Balaban J connectivity index is 2.25. The number of hydrogen-bond donors (Lipinski definition) is 2. The van der Waals surface area contributed by atoms with E-state index in [0.717, 1.165) is 16.8 Å². The summed E-state index contributed by atoms with van der Waals surface area (Å²) in [5.74, 6) is 0.0973. The fourth-order valence-electron chi connectivity index (χ4n) is 3.52. The first kappa shape index (κ1) is 12.4. The molecule has 3 rings (SSSR count). The second kappa shape index (κ2) is 4.17. The molecule has 0 fully saturated rings. The predicted molar refractivity (Wildman–Crippen MR) is 72.6 cm³/mol. The number of aromatic amines is 1. The zero-order valence-corrected chi connectivity index (χ0v) is 10.9. The van der Waals surface area contributed by atoms with E-state index in [1.807, 2.05) is 0 Å². The normalized spacial score (nSPS) is 31.0. The third kappa shape index (κ3) is 1.78. The summed E-state index contributed by atoms with van der Waals surface area (Å²) in [5, 5.41) is 0. The van der Waals surface area contributed by atoms with Crippen LogP contribution in [0.15, 0.2) is 40.2 Å². The van der Waals surface area contributed by atoms with Gasteiger partial charge in [0.15, 0.2) is 0 Å². The quantitative estimate of drug-likeness (QED) is 0.758. The van der Waals surface area contributed by atoms with Gasteiger partial charge in [-0.25, -0.2) is 4.39 Å². The van der Waals surface area contributed by atoms with Crippen LogP contribution in [0.5, 0.6) is 0 Å². The van der Waals surface area contributed by atoms with Crippen molar-refractivity contribution < 1.29 is 4.39 Å². The van der Waals surface area contributed by atoms with E-state index in [4.69, 9.17) is 5.73 Å².